The Labute approximate surface area is 114 Å². The van der Waals surface area contributed by atoms with Gasteiger partial charge in [-0.05, 0) is 19.1 Å². The van der Waals surface area contributed by atoms with Crippen molar-refractivity contribution in [3.05, 3.63) is 35.3 Å². The lowest BCUT2D eigenvalue weighted by molar-refractivity contribution is 0.0599. The van der Waals surface area contributed by atoms with Gasteiger partial charge in [0.2, 0.25) is 0 Å². The second kappa shape index (κ2) is 5.00. The number of carbonyl (C=O) groups excluding carboxylic acids is 2. The third-order valence-corrected chi connectivity index (χ3v) is 2.69. The number of pyridine rings is 1. The molecule has 8 heteroatoms. The summed E-state index contributed by atoms with van der Waals surface area (Å²) in [4.78, 5) is 26.8. The molecule has 0 aromatic carbocycles. The van der Waals surface area contributed by atoms with Crippen molar-refractivity contribution < 1.29 is 14.3 Å². The number of hydrogen-bond donors (Lipinski definition) is 2. The van der Waals surface area contributed by atoms with Gasteiger partial charge in [-0.3, -0.25) is 4.79 Å². The summed E-state index contributed by atoms with van der Waals surface area (Å²) in [5.41, 5.74) is 11.7. The largest absolute Gasteiger partial charge is 0.465 e. The van der Waals surface area contributed by atoms with Crippen molar-refractivity contribution >= 4 is 17.6 Å². The number of anilines is 1. The SMILES string of the molecule is COC(=O)c1ccc(-n2cc(N)c(C(N)=O)n2)nc1C. The van der Waals surface area contributed by atoms with Gasteiger partial charge in [-0.1, -0.05) is 0 Å². The summed E-state index contributed by atoms with van der Waals surface area (Å²) < 4.78 is 5.96. The highest BCUT2D eigenvalue weighted by molar-refractivity contribution is 5.95. The van der Waals surface area contributed by atoms with Crippen LogP contribution in [0.4, 0.5) is 5.69 Å². The number of nitrogens with two attached hydrogens (primary N) is 2. The van der Waals surface area contributed by atoms with Crippen LogP contribution in [-0.4, -0.2) is 33.8 Å². The topological polar surface area (TPSA) is 126 Å². The smallest absolute Gasteiger partial charge is 0.339 e. The van der Waals surface area contributed by atoms with Crippen LogP contribution in [0.2, 0.25) is 0 Å². The van der Waals surface area contributed by atoms with Crippen molar-refractivity contribution in [2.45, 2.75) is 6.92 Å². The Morgan fingerprint density at radius 2 is 2.05 bits per heavy atom. The molecule has 0 radical (unpaired) electrons. The highest BCUT2D eigenvalue weighted by Crippen LogP contribution is 2.15. The van der Waals surface area contributed by atoms with E-state index in [2.05, 4.69) is 14.8 Å². The van der Waals surface area contributed by atoms with E-state index < -0.39 is 11.9 Å². The Hall–Kier alpha value is -2.90. The zero-order valence-corrected chi connectivity index (χ0v) is 11.0. The van der Waals surface area contributed by atoms with E-state index in [1.54, 1.807) is 19.1 Å². The molecule has 0 saturated carbocycles. The number of carbonyl (C=O) groups is 2. The molecule has 0 spiro atoms. The summed E-state index contributed by atoms with van der Waals surface area (Å²) in [5, 5.41) is 3.95. The number of aryl methyl sites for hydroxylation is 1. The number of amides is 1. The number of nitrogens with zero attached hydrogens (tertiary/aromatic N) is 3. The van der Waals surface area contributed by atoms with Crippen LogP contribution in [0.5, 0.6) is 0 Å². The van der Waals surface area contributed by atoms with E-state index in [4.69, 9.17) is 11.5 Å². The Balaban J connectivity index is 2.44. The number of primary amides is 1. The van der Waals surface area contributed by atoms with Crippen LogP contribution in [0.1, 0.15) is 26.5 Å². The van der Waals surface area contributed by atoms with E-state index in [-0.39, 0.29) is 11.4 Å². The number of rotatable bonds is 3. The van der Waals surface area contributed by atoms with E-state index in [0.29, 0.717) is 17.1 Å². The van der Waals surface area contributed by atoms with Crippen molar-refractivity contribution in [1.82, 2.24) is 14.8 Å². The molecule has 0 bridgehead atoms. The molecule has 0 aliphatic heterocycles. The summed E-state index contributed by atoms with van der Waals surface area (Å²) in [6, 6.07) is 3.13. The summed E-state index contributed by atoms with van der Waals surface area (Å²) >= 11 is 0. The maximum atomic E-state index is 11.5. The first-order chi connectivity index (χ1) is 9.43. The predicted octanol–water partition coefficient (Wildman–Crippen LogP) is 0.0434. The van der Waals surface area contributed by atoms with E-state index in [1.165, 1.54) is 18.0 Å². The Morgan fingerprint density at radius 3 is 2.55 bits per heavy atom. The molecule has 8 nitrogen and oxygen atoms in total. The number of methoxy groups -OCH3 is 1. The summed E-state index contributed by atoms with van der Waals surface area (Å²) in [7, 11) is 1.29. The average molecular weight is 275 g/mol. The van der Waals surface area contributed by atoms with Crippen LogP contribution < -0.4 is 11.5 Å². The van der Waals surface area contributed by atoms with Crippen LogP contribution in [0.3, 0.4) is 0 Å². The third-order valence-electron chi connectivity index (χ3n) is 2.69. The molecule has 2 aromatic heterocycles. The molecule has 2 aromatic rings. The first-order valence-corrected chi connectivity index (χ1v) is 5.65. The molecule has 0 unspecified atom stereocenters. The summed E-state index contributed by atoms with van der Waals surface area (Å²) in [6.45, 7) is 1.66. The quantitative estimate of drug-likeness (QED) is 0.762. The van der Waals surface area contributed by atoms with Crippen LogP contribution >= 0.6 is 0 Å². The standard InChI is InChI=1S/C12H13N5O3/c1-6-7(12(19)20-2)3-4-9(15-6)17-5-8(13)10(16-17)11(14)18/h3-5H,13H2,1-2H3,(H2,14,18). The number of esters is 1. The molecule has 2 rings (SSSR count). The lowest BCUT2D eigenvalue weighted by Crippen LogP contribution is -2.14. The van der Waals surface area contributed by atoms with Gasteiger partial charge in [0.1, 0.15) is 0 Å². The minimum absolute atomic E-state index is 0.0264. The van der Waals surface area contributed by atoms with Crippen molar-refractivity contribution in [2.75, 3.05) is 12.8 Å². The average Bonchev–Trinajstić information content (AvgIpc) is 2.80. The van der Waals surface area contributed by atoms with E-state index >= 15 is 0 Å². The highest BCUT2D eigenvalue weighted by Gasteiger charge is 2.15. The summed E-state index contributed by atoms with van der Waals surface area (Å²) in [6.07, 6.45) is 1.43. The Morgan fingerprint density at radius 1 is 1.35 bits per heavy atom. The van der Waals surface area contributed by atoms with Gasteiger partial charge in [-0.15, -0.1) is 0 Å². The first-order valence-electron chi connectivity index (χ1n) is 5.65. The van der Waals surface area contributed by atoms with E-state index in [9.17, 15) is 9.59 Å². The molecule has 0 aliphatic carbocycles. The fourth-order valence-electron chi connectivity index (χ4n) is 1.70. The van der Waals surface area contributed by atoms with Gasteiger partial charge in [0.15, 0.2) is 11.5 Å². The van der Waals surface area contributed by atoms with Gasteiger partial charge in [0.25, 0.3) is 5.91 Å². The molecule has 0 atom stereocenters. The third kappa shape index (κ3) is 2.30. The van der Waals surface area contributed by atoms with Gasteiger partial charge in [-0.25, -0.2) is 14.5 Å². The highest BCUT2D eigenvalue weighted by atomic mass is 16.5. The molecule has 4 N–H and O–H groups in total. The lowest BCUT2D eigenvalue weighted by atomic mass is 10.2. The molecule has 0 saturated heterocycles. The molecule has 104 valence electrons. The van der Waals surface area contributed by atoms with Crippen LogP contribution in [0.15, 0.2) is 18.3 Å². The van der Waals surface area contributed by atoms with E-state index in [0.717, 1.165) is 0 Å². The fourth-order valence-corrected chi connectivity index (χ4v) is 1.70. The molecule has 0 fully saturated rings. The number of aromatic nitrogens is 3. The van der Waals surface area contributed by atoms with Crippen molar-refractivity contribution in [1.29, 1.82) is 0 Å². The molecule has 1 amide bonds. The normalized spacial score (nSPS) is 10.3. The minimum Gasteiger partial charge on any atom is -0.465 e. The monoisotopic (exact) mass is 275 g/mol. The first kappa shape index (κ1) is 13.5. The lowest BCUT2D eigenvalue weighted by Gasteiger charge is -2.05. The van der Waals surface area contributed by atoms with Gasteiger partial charge in [-0.2, -0.15) is 5.10 Å². The molecular formula is C12H13N5O3. The zero-order valence-electron chi connectivity index (χ0n) is 11.0. The van der Waals surface area contributed by atoms with Crippen LogP contribution in [0, 0.1) is 6.92 Å². The zero-order chi connectivity index (χ0) is 14.9. The number of ether oxygens (including phenoxy) is 1. The Kier molecular flexibility index (Phi) is 3.38. The molecule has 0 aliphatic rings. The number of hydrogen-bond acceptors (Lipinski definition) is 6. The maximum absolute atomic E-state index is 11.5. The van der Waals surface area contributed by atoms with Crippen LogP contribution in [0.25, 0.3) is 5.82 Å². The van der Waals surface area contributed by atoms with Crippen molar-refractivity contribution in [3.63, 3.8) is 0 Å². The van der Waals surface area contributed by atoms with Gasteiger partial charge in [0, 0.05) is 0 Å². The van der Waals surface area contributed by atoms with Gasteiger partial charge in [0.05, 0.1) is 30.3 Å². The molecular weight excluding hydrogens is 262 g/mol. The van der Waals surface area contributed by atoms with Crippen molar-refractivity contribution in [2.24, 2.45) is 5.73 Å². The predicted molar refractivity (Wildman–Crippen MR) is 70.4 cm³/mol. The van der Waals surface area contributed by atoms with Crippen LogP contribution in [-0.2, 0) is 4.74 Å². The van der Waals surface area contributed by atoms with Crippen molar-refractivity contribution in [3.8, 4) is 5.82 Å². The number of nitrogen functional groups attached to an aromatic ring is 1. The minimum atomic E-state index is -0.718. The van der Waals surface area contributed by atoms with Gasteiger partial charge >= 0.3 is 5.97 Å². The Bertz CT molecular complexity index is 692. The second-order valence-corrected chi connectivity index (χ2v) is 4.04. The van der Waals surface area contributed by atoms with E-state index in [1.807, 2.05) is 0 Å². The molecule has 2 heterocycles. The maximum Gasteiger partial charge on any atom is 0.339 e. The van der Waals surface area contributed by atoms with Gasteiger partial charge < -0.3 is 16.2 Å². The fraction of sp³-hybridized carbons (Fsp3) is 0.167. The second-order valence-electron chi connectivity index (χ2n) is 4.04. The molecule has 20 heavy (non-hydrogen) atoms. The summed E-state index contributed by atoms with van der Waals surface area (Å²) in [5.74, 6) is -0.780.